The zero-order valence-electron chi connectivity index (χ0n) is 9.57. The van der Waals surface area contributed by atoms with E-state index < -0.39 is 0 Å². The molecule has 4 heteroatoms. The van der Waals surface area contributed by atoms with E-state index in [4.69, 9.17) is 0 Å². The van der Waals surface area contributed by atoms with E-state index in [2.05, 4.69) is 33.5 Å². The van der Waals surface area contributed by atoms with E-state index in [1.165, 1.54) is 11.1 Å². The number of nitrogens with one attached hydrogen (secondary N) is 2. The van der Waals surface area contributed by atoms with Gasteiger partial charge in [-0.25, -0.2) is 0 Å². The summed E-state index contributed by atoms with van der Waals surface area (Å²) in [5.41, 5.74) is 3.41. The van der Waals surface area contributed by atoms with Crippen molar-refractivity contribution in [3.05, 3.63) is 47.5 Å². The molecular formula is C12H16N4. The molecule has 4 nitrogen and oxygen atoms in total. The Bertz CT molecular complexity index is 419. The quantitative estimate of drug-likeness (QED) is 0.821. The molecule has 2 aromatic heterocycles. The van der Waals surface area contributed by atoms with Gasteiger partial charge in [0, 0.05) is 36.2 Å². The lowest BCUT2D eigenvalue weighted by Crippen LogP contribution is -2.17. The standard InChI is InChI=1S/C12H16N4/c1-9-3-4-11(5-13-9)6-14-10(2)12-7-15-16-8-12/h3-5,7-8,10,14H,6H2,1-2H3,(H,15,16). The largest absolute Gasteiger partial charge is 0.306 e. The number of nitrogens with zero attached hydrogens (tertiary/aromatic N) is 2. The van der Waals surface area contributed by atoms with E-state index in [9.17, 15) is 0 Å². The van der Waals surface area contributed by atoms with Crippen LogP contribution in [-0.2, 0) is 6.54 Å². The Balaban J connectivity index is 1.90. The summed E-state index contributed by atoms with van der Waals surface area (Å²) in [5.74, 6) is 0. The van der Waals surface area contributed by atoms with Crippen molar-refractivity contribution in [1.29, 1.82) is 0 Å². The molecule has 0 saturated carbocycles. The van der Waals surface area contributed by atoms with Gasteiger partial charge < -0.3 is 5.32 Å². The molecule has 0 aliphatic heterocycles. The zero-order chi connectivity index (χ0) is 11.4. The third kappa shape index (κ3) is 2.67. The molecular weight excluding hydrogens is 200 g/mol. The van der Waals surface area contributed by atoms with Crippen LogP contribution in [-0.4, -0.2) is 15.2 Å². The minimum atomic E-state index is 0.292. The molecule has 0 spiro atoms. The van der Waals surface area contributed by atoms with Crippen molar-refractivity contribution in [1.82, 2.24) is 20.5 Å². The summed E-state index contributed by atoms with van der Waals surface area (Å²) >= 11 is 0. The number of H-pyrrole nitrogens is 1. The van der Waals surface area contributed by atoms with Crippen molar-refractivity contribution >= 4 is 0 Å². The first-order valence-corrected chi connectivity index (χ1v) is 5.39. The third-order valence-corrected chi connectivity index (χ3v) is 2.60. The van der Waals surface area contributed by atoms with Gasteiger partial charge in [-0.1, -0.05) is 6.07 Å². The lowest BCUT2D eigenvalue weighted by atomic mass is 10.2. The summed E-state index contributed by atoms with van der Waals surface area (Å²) in [7, 11) is 0. The Hall–Kier alpha value is -1.68. The van der Waals surface area contributed by atoms with Crippen LogP contribution in [0.5, 0.6) is 0 Å². The molecule has 0 bridgehead atoms. The molecule has 0 radical (unpaired) electrons. The summed E-state index contributed by atoms with van der Waals surface area (Å²) in [4.78, 5) is 4.26. The Morgan fingerprint density at radius 3 is 2.88 bits per heavy atom. The van der Waals surface area contributed by atoms with Crippen molar-refractivity contribution in [3.8, 4) is 0 Å². The number of rotatable bonds is 4. The summed E-state index contributed by atoms with van der Waals surface area (Å²) in [6.45, 7) is 4.93. The van der Waals surface area contributed by atoms with E-state index in [0.29, 0.717) is 6.04 Å². The van der Waals surface area contributed by atoms with Gasteiger partial charge in [-0.2, -0.15) is 5.10 Å². The maximum atomic E-state index is 4.26. The molecule has 0 amide bonds. The Morgan fingerprint density at radius 1 is 1.38 bits per heavy atom. The van der Waals surface area contributed by atoms with Gasteiger partial charge >= 0.3 is 0 Å². The Kier molecular flexibility index (Phi) is 3.31. The summed E-state index contributed by atoms with van der Waals surface area (Å²) < 4.78 is 0. The van der Waals surface area contributed by atoms with E-state index in [1.54, 1.807) is 0 Å². The molecule has 1 unspecified atom stereocenters. The minimum Gasteiger partial charge on any atom is -0.306 e. The first-order valence-electron chi connectivity index (χ1n) is 5.39. The van der Waals surface area contributed by atoms with Gasteiger partial charge in [-0.3, -0.25) is 10.1 Å². The fourth-order valence-corrected chi connectivity index (χ4v) is 1.49. The van der Waals surface area contributed by atoms with E-state index >= 15 is 0 Å². The van der Waals surface area contributed by atoms with Crippen molar-refractivity contribution in [3.63, 3.8) is 0 Å². The Labute approximate surface area is 95.1 Å². The zero-order valence-corrected chi connectivity index (χ0v) is 9.57. The van der Waals surface area contributed by atoms with Crippen LogP contribution in [0, 0.1) is 6.92 Å². The molecule has 84 valence electrons. The SMILES string of the molecule is Cc1ccc(CNC(C)c2cn[nH]c2)cn1. The van der Waals surface area contributed by atoms with Crippen LogP contribution in [0.15, 0.2) is 30.7 Å². The number of aromatic nitrogens is 3. The minimum absolute atomic E-state index is 0.292. The second kappa shape index (κ2) is 4.90. The van der Waals surface area contributed by atoms with Gasteiger partial charge in [-0.15, -0.1) is 0 Å². The van der Waals surface area contributed by atoms with Crippen LogP contribution >= 0.6 is 0 Å². The van der Waals surface area contributed by atoms with Crippen LogP contribution in [0.1, 0.15) is 29.8 Å². The van der Waals surface area contributed by atoms with Crippen LogP contribution < -0.4 is 5.32 Å². The van der Waals surface area contributed by atoms with Crippen molar-refractivity contribution in [2.75, 3.05) is 0 Å². The van der Waals surface area contributed by atoms with Gasteiger partial charge in [0.25, 0.3) is 0 Å². The van der Waals surface area contributed by atoms with Crippen molar-refractivity contribution in [2.24, 2.45) is 0 Å². The Morgan fingerprint density at radius 2 is 2.25 bits per heavy atom. The highest BCUT2D eigenvalue weighted by Gasteiger charge is 2.05. The predicted molar refractivity (Wildman–Crippen MR) is 62.8 cm³/mol. The average Bonchev–Trinajstić information content (AvgIpc) is 2.81. The number of hydrogen-bond acceptors (Lipinski definition) is 3. The van der Waals surface area contributed by atoms with Crippen LogP contribution in [0.3, 0.4) is 0 Å². The monoisotopic (exact) mass is 216 g/mol. The lowest BCUT2D eigenvalue weighted by Gasteiger charge is -2.11. The van der Waals surface area contributed by atoms with Crippen LogP contribution in [0.4, 0.5) is 0 Å². The summed E-state index contributed by atoms with van der Waals surface area (Å²) in [6, 6.07) is 4.41. The van der Waals surface area contributed by atoms with Crippen molar-refractivity contribution < 1.29 is 0 Å². The van der Waals surface area contributed by atoms with E-state index in [0.717, 1.165) is 12.2 Å². The second-order valence-electron chi connectivity index (χ2n) is 3.94. The number of hydrogen-bond donors (Lipinski definition) is 2. The predicted octanol–water partition coefficient (Wildman–Crippen LogP) is 1.96. The number of pyridine rings is 1. The average molecular weight is 216 g/mol. The number of aromatic amines is 1. The van der Waals surface area contributed by atoms with Crippen molar-refractivity contribution in [2.45, 2.75) is 26.4 Å². The maximum absolute atomic E-state index is 4.26. The normalized spacial score (nSPS) is 12.6. The van der Waals surface area contributed by atoms with E-state index in [1.807, 2.05) is 31.6 Å². The molecule has 2 N–H and O–H groups in total. The fourth-order valence-electron chi connectivity index (χ4n) is 1.49. The molecule has 2 heterocycles. The van der Waals surface area contributed by atoms with Gasteiger partial charge in [0.15, 0.2) is 0 Å². The molecule has 2 aromatic rings. The molecule has 0 aliphatic carbocycles. The number of aryl methyl sites for hydroxylation is 1. The smallest absolute Gasteiger partial charge is 0.0534 e. The molecule has 0 fully saturated rings. The highest BCUT2D eigenvalue weighted by atomic mass is 15.1. The first-order chi connectivity index (χ1) is 7.75. The van der Waals surface area contributed by atoms with Crippen LogP contribution in [0.2, 0.25) is 0 Å². The molecule has 2 rings (SSSR count). The molecule has 1 atom stereocenters. The van der Waals surface area contributed by atoms with E-state index in [-0.39, 0.29) is 0 Å². The van der Waals surface area contributed by atoms with Gasteiger partial charge in [0.05, 0.1) is 6.20 Å². The topological polar surface area (TPSA) is 53.6 Å². The lowest BCUT2D eigenvalue weighted by molar-refractivity contribution is 0.574. The summed E-state index contributed by atoms with van der Waals surface area (Å²) in [5, 5.41) is 10.2. The fraction of sp³-hybridized carbons (Fsp3) is 0.333. The van der Waals surface area contributed by atoms with Gasteiger partial charge in [0.1, 0.15) is 0 Å². The second-order valence-corrected chi connectivity index (χ2v) is 3.94. The highest BCUT2D eigenvalue weighted by molar-refractivity contribution is 5.14. The van der Waals surface area contributed by atoms with Gasteiger partial charge in [0.2, 0.25) is 0 Å². The molecule has 0 aromatic carbocycles. The third-order valence-electron chi connectivity index (χ3n) is 2.60. The first kappa shape index (κ1) is 10.8. The highest BCUT2D eigenvalue weighted by Crippen LogP contribution is 2.10. The van der Waals surface area contributed by atoms with Crippen LogP contribution in [0.25, 0.3) is 0 Å². The molecule has 16 heavy (non-hydrogen) atoms. The maximum Gasteiger partial charge on any atom is 0.0534 e. The molecule has 0 saturated heterocycles. The summed E-state index contributed by atoms with van der Waals surface area (Å²) in [6.07, 6.45) is 5.65. The van der Waals surface area contributed by atoms with Gasteiger partial charge in [-0.05, 0) is 25.5 Å². The molecule has 0 aliphatic rings.